The van der Waals surface area contributed by atoms with Gasteiger partial charge in [0.25, 0.3) is 0 Å². The minimum Gasteiger partial charge on any atom is -0.783 e. The molecule has 0 saturated carbocycles. The fourth-order valence-corrected chi connectivity index (χ4v) is 0.0170. The van der Waals surface area contributed by atoms with Gasteiger partial charge in [-0.3, -0.25) is 0 Å². The number of hydrogen-bond donors (Lipinski definition) is 0. The summed E-state index contributed by atoms with van der Waals surface area (Å²) in [5, 5.41) is 0. The van der Waals surface area contributed by atoms with Gasteiger partial charge in [-0.1, -0.05) is 0 Å². The zero-order valence-electron chi connectivity index (χ0n) is 3.38. The van der Waals surface area contributed by atoms with Crippen LogP contribution in [0.3, 0.4) is 0 Å². The minimum absolute atomic E-state index is 0. The van der Waals surface area contributed by atoms with Crippen molar-refractivity contribution >= 4 is 12.9 Å². The van der Waals surface area contributed by atoms with E-state index in [0.717, 1.165) is 12.9 Å². The van der Waals surface area contributed by atoms with E-state index in [4.69, 9.17) is 9.59 Å². The second-order valence-corrected chi connectivity index (χ2v) is 0.269. The maximum atomic E-state index is 8.80. The predicted molar refractivity (Wildman–Crippen MR) is 12.5 cm³/mol. The van der Waals surface area contributed by atoms with Gasteiger partial charge in [-0.2, -0.15) is 0 Å². The summed E-state index contributed by atoms with van der Waals surface area (Å²) in [4.78, 5) is 17.6. The Labute approximate surface area is 107 Å². The largest absolute Gasteiger partial charge is 0.783 e. The van der Waals surface area contributed by atoms with E-state index in [9.17, 15) is 0 Å². The van der Waals surface area contributed by atoms with E-state index in [1.54, 1.807) is 0 Å². The quantitative estimate of drug-likeness (QED) is 0.479. The molecule has 3 nitrogen and oxygen atoms in total. The SMILES string of the molecule is O=[C-]O[C-]=O.[Pr].[Pr]. The van der Waals surface area contributed by atoms with E-state index >= 15 is 0 Å². The van der Waals surface area contributed by atoms with E-state index in [-0.39, 0.29) is 82.6 Å². The Morgan fingerprint density at radius 1 is 1.00 bits per heavy atom. The predicted octanol–water partition coefficient (Wildman–Crippen LogP) is -0.863. The van der Waals surface area contributed by atoms with Crippen LogP contribution in [0.5, 0.6) is 0 Å². The molecule has 0 bridgehead atoms. The summed E-state index contributed by atoms with van der Waals surface area (Å²) in [7, 11) is 0. The first-order valence-corrected chi connectivity index (χ1v) is 0.816. The Kier molecular flexibility index (Phi) is 35.7. The third kappa shape index (κ3) is 18.1. The summed E-state index contributed by atoms with van der Waals surface area (Å²) in [6.07, 6.45) is 0. The average Bonchev–Trinajstić information content (AvgIpc) is 1.41. The zero-order valence-corrected chi connectivity index (χ0v) is 10.8. The van der Waals surface area contributed by atoms with E-state index in [1.165, 1.54) is 0 Å². The normalized spacial score (nSPS) is 4.00. The first-order chi connectivity index (χ1) is 2.41. The molecule has 0 saturated heterocycles. The fourth-order valence-electron chi connectivity index (χ4n) is 0.0170. The third-order valence-corrected chi connectivity index (χ3v) is 0.0833. The molecule has 0 unspecified atom stereocenters. The van der Waals surface area contributed by atoms with Gasteiger partial charge in [0.1, 0.15) is 0 Å². The van der Waals surface area contributed by atoms with Crippen LogP contribution in [0.25, 0.3) is 0 Å². The van der Waals surface area contributed by atoms with Gasteiger partial charge in [0.15, 0.2) is 0 Å². The molecule has 0 aromatic rings. The molecule has 0 aliphatic carbocycles. The second-order valence-electron chi connectivity index (χ2n) is 0.269. The van der Waals surface area contributed by atoms with Gasteiger partial charge in [0.2, 0.25) is 0 Å². The van der Waals surface area contributed by atoms with Crippen LogP contribution in [0.4, 0.5) is 0 Å². The number of carbonyl (C=O) groups excluding carboxylic acids is 2. The van der Waals surface area contributed by atoms with Crippen LogP contribution >= 0.6 is 0 Å². The van der Waals surface area contributed by atoms with Crippen molar-refractivity contribution in [2.45, 2.75) is 0 Å². The van der Waals surface area contributed by atoms with Gasteiger partial charge in [0, 0.05) is 82.6 Å². The smallest absolute Gasteiger partial charge is 0 e. The van der Waals surface area contributed by atoms with Crippen molar-refractivity contribution in [3.05, 3.63) is 0 Å². The van der Waals surface area contributed by atoms with E-state index in [0.29, 0.717) is 0 Å². The van der Waals surface area contributed by atoms with Crippen LogP contribution in [-0.2, 0) is 14.3 Å². The van der Waals surface area contributed by atoms with Crippen LogP contribution in [-0.4, -0.2) is 12.9 Å². The molecular formula is C2O3Pr2-2. The van der Waals surface area contributed by atoms with Gasteiger partial charge in [-0.05, 0) is 0 Å². The van der Waals surface area contributed by atoms with Gasteiger partial charge in [-0.15, -0.1) is 12.9 Å². The molecular weight excluding hydrogens is 354 g/mol. The number of ether oxygens (including phenoxy) is 1. The summed E-state index contributed by atoms with van der Waals surface area (Å²) < 4.78 is 3.22. The summed E-state index contributed by atoms with van der Waals surface area (Å²) in [6.45, 7) is 1.69. The second kappa shape index (κ2) is 15.7. The zero-order chi connectivity index (χ0) is 4.12. The standard InChI is InChI=1S/C2O3.2Pr/c3-1-5-2-4;;/q-2;;. The first kappa shape index (κ1) is 15.9. The van der Waals surface area contributed by atoms with Crippen molar-refractivity contribution in [1.82, 2.24) is 0 Å². The monoisotopic (exact) mass is 354 g/mol. The molecule has 7 heavy (non-hydrogen) atoms. The molecule has 0 heterocycles. The van der Waals surface area contributed by atoms with Crippen LogP contribution in [0.2, 0.25) is 0 Å². The Morgan fingerprint density at radius 3 is 1.29 bits per heavy atom. The Morgan fingerprint density at radius 2 is 1.29 bits per heavy atom. The summed E-state index contributed by atoms with van der Waals surface area (Å²) in [5.41, 5.74) is 0. The molecule has 0 amide bonds. The van der Waals surface area contributed by atoms with E-state index < -0.39 is 0 Å². The molecule has 0 aliphatic rings. The molecule has 0 aromatic heterocycles. The molecule has 5 heteroatoms. The fraction of sp³-hybridized carbons (Fsp3) is 0. The average molecular weight is 354 g/mol. The van der Waals surface area contributed by atoms with Crippen LogP contribution in [0.1, 0.15) is 0 Å². The van der Waals surface area contributed by atoms with Crippen molar-refractivity contribution in [2.75, 3.05) is 0 Å². The Bertz CT molecular complexity index is 40.2. The molecule has 34 valence electrons. The van der Waals surface area contributed by atoms with Crippen molar-refractivity contribution in [1.29, 1.82) is 0 Å². The molecule has 0 atom stereocenters. The molecule has 0 rings (SSSR count). The first-order valence-electron chi connectivity index (χ1n) is 0.816. The summed E-state index contributed by atoms with van der Waals surface area (Å²) >= 11 is 0. The van der Waals surface area contributed by atoms with E-state index in [1.807, 2.05) is 0 Å². The van der Waals surface area contributed by atoms with Crippen molar-refractivity contribution in [2.24, 2.45) is 0 Å². The van der Waals surface area contributed by atoms with Gasteiger partial charge in [0.05, 0.1) is 0 Å². The Balaban J connectivity index is -0.0000000800. The van der Waals surface area contributed by atoms with Crippen LogP contribution in [0, 0.1) is 82.6 Å². The van der Waals surface area contributed by atoms with Gasteiger partial charge < -0.3 is 14.3 Å². The molecule has 0 fully saturated rings. The van der Waals surface area contributed by atoms with Crippen molar-refractivity contribution in [3.63, 3.8) is 0 Å². The molecule has 2 radical (unpaired) electrons. The third-order valence-electron chi connectivity index (χ3n) is 0.0833. The molecule has 0 aromatic carbocycles. The molecule has 0 aliphatic heterocycles. The topological polar surface area (TPSA) is 43.4 Å². The number of rotatable bonds is 2. The van der Waals surface area contributed by atoms with Gasteiger partial charge in [-0.25, -0.2) is 0 Å². The van der Waals surface area contributed by atoms with Crippen molar-refractivity contribution in [3.8, 4) is 0 Å². The summed E-state index contributed by atoms with van der Waals surface area (Å²) in [6, 6.07) is 0. The van der Waals surface area contributed by atoms with E-state index in [2.05, 4.69) is 4.74 Å². The number of hydrogen-bond acceptors (Lipinski definition) is 3. The molecule has 0 spiro atoms. The maximum Gasteiger partial charge on any atom is 0 e. The Hall–Kier alpha value is 1.87. The van der Waals surface area contributed by atoms with Gasteiger partial charge >= 0.3 is 0 Å². The summed E-state index contributed by atoms with van der Waals surface area (Å²) in [5.74, 6) is 0. The minimum atomic E-state index is 0. The van der Waals surface area contributed by atoms with Crippen LogP contribution < -0.4 is 0 Å². The molecule has 0 N–H and O–H groups in total. The van der Waals surface area contributed by atoms with Crippen molar-refractivity contribution < 1.29 is 96.9 Å². The maximum absolute atomic E-state index is 8.80. The van der Waals surface area contributed by atoms with Crippen LogP contribution in [0.15, 0.2) is 0 Å².